The van der Waals surface area contributed by atoms with Crippen molar-refractivity contribution >= 4 is 11.8 Å². The normalized spacial score (nSPS) is 11.1. The van der Waals surface area contributed by atoms with Crippen molar-refractivity contribution in [3.05, 3.63) is 35.9 Å². The molecular formula is C16H24N2O2. The Morgan fingerprint density at radius 2 is 1.65 bits per heavy atom. The summed E-state index contributed by atoms with van der Waals surface area (Å²) in [5.41, 5.74) is 0.725. The molecule has 20 heavy (non-hydrogen) atoms. The maximum Gasteiger partial charge on any atom is 0.242 e. The number of likely N-dealkylation sites (N-methyl/N-ethyl adjacent to an activating group) is 1. The molecule has 0 bridgehead atoms. The van der Waals surface area contributed by atoms with Gasteiger partial charge < -0.3 is 9.80 Å². The molecule has 1 aromatic carbocycles. The number of amides is 2. The predicted octanol–water partition coefficient (Wildman–Crippen LogP) is 2.29. The van der Waals surface area contributed by atoms with Crippen LogP contribution in [0.15, 0.2) is 30.3 Å². The Kier molecular flexibility index (Phi) is 5.31. The molecule has 0 heterocycles. The van der Waals surface area contributed by atoms with Crippen molar-refractivity contribution in [1.29, 1.82) is 0 Å². The van der Waals surface area contributed by atoms with Gasteiger partial charge in [-0.05, 0) is 26.3 Å². The van der Waals surface area contributed by atoms with Crippen molar-refractivity contribution in [1.82, 2.24) is 9.80 Å². The van der Waals surface area contributed by atoms with E-state index in [0.717, 1.165) is 5.56 Å². The van der Waals surface area contributed by atoms with E-state index in [-0.39, 0.29) is 23.9 Å². The second kappa shape index (κ2) is 6.55. The summed E-state index contributed by atoms with van der Waals surface area (Å²) in [5, 5.41) is 0. The van der Waals surface area contributed by atoms with Gasteiger partial charge in [-0.3, -0.25) is 9.59 Å². The maximum absolute atomic E-state index is 12.2. The molecule has 1 rings (SSSR count). The highest BCUT2D eigenvalue weighted by Crippen LogP contribution is 2.14. The largest absolute Gasteiger partial charge is 0.340 e. The second-order valence-electron chi connectivity index (χ2n) is 6.01. The molecule has 4 nitrogen and oxygen atoms in total. The average molecular weight is 276 g/mol. The van der Waals surface area contributed by atoms with Gasteiger partial charge >= 0.3 is 0 Å². The first-order valence-electron chi connectivity index (χ1n) is 6.78. The molecule has 1 aromatic rings. The van der Waals surface area contributed by atoms with Crippen molar-refractivity contribution in [3.63, 3.8) is 0 Å². The zero-order valence-corrected chi connectivity index (χ0v) is 13.0. The summed E-state index contributed by atoms with van der Waals surface area (Å²) < 4.78 is 0. The SMILES string of the molecule is CC(=O)N(CC(=O)N(C)Cc1ccccc1)C(C)(C)C. The zero-order chi connectivity index (χ0) is 15.3. The molecule has 110 valence electrons. The summed E-state index contributed by atoms with van der Waals surface area (Å²) in [7, 11) is 1.76. The molecule has 0 unspecified atom stereocenters. The van der Waals surface area contributed by atoms with Gasteiger partial charge in [0.15, 0.2) is 0 Å². The zero-order valence-electron chi connectivity index (χ0n) is 13.0. The Hall–Kier alpha value is -1.84. The summed E-state index contributed by atoms with van der Waals surface area (Å²) in [6, 6.07) is 9.81. The predicted molar refractivity (Wildman–Crippen MR) is 80.1 cm³/mol. The number of hydrogen-bond donors (Lipinski definition) is 0. The smallest absolute Gasteiger partial charge is 0.242 e. The number of nitrogens with zero attached hydrogens (tertiary/aromatic N) is 2. The van der Waals surface area contributed by atoms with Gasteiger partial charge in [-0.1, -0.05) is 30.3 Å². The van der Waals surface area contributed by atoms with Crippen LogP contribution in [-0.2, 0) is 16.1 Å². The van der Waals surface area contributed by atoms with Crippen LogP contribution in [0.2, 0.25) is 0 Å². The molecular weight excluding hydrogens is 252 g/mol. The van der Waals surface area contributed by atoms with E-state index in [1.165, 1.54) is 6.92 Å². The van der Waals surface area contributed by atoms with Crippen LogP contribution in [0.3, 0.4) is 0 Å². The monoisotopic (exact) mass is 276 g/mol. The van der Waals surface area contributed by atoms with E-state index in [1.807, 2.05) is 51.1 Å². The standard InChI is InChI=1S/C16H24N2O2/c1-13(19)18(16(2,3)4)12-15(20)17(5)11-14-9-7-6-8-10-14/h6-10H,11-12H2,1-5H3. The first-order valence-corrected chi connectivity index (χ1v) is 6.78. The average Bonchev–Trinajstić information content (AvgIpc) is 2.34. The molecule has 0 saturated heterocycles. The fourth-order valence-corrected chi connectivity index (χ4v) is 2.02. The molecule has 0 fully saturated rings. The maximum atomic E-state index is 12.2. The number of carbonyl (C=O) groups excluding carboxylic acids is 2. The van der Waals surface area contributed by atoms with Crippen molar-refractivity contribution in [2.75, 3.05) is 13.6 Å². The van der Waals surface area contributed by atoms with E-state index in [9.17, 15) is 9.59 Å². The van der Waals surface area contributed by atoms with Gasteiger partial charge in [0.25, 0.3) is 0 Å². The molecule has 4 heteroatoms. The Morgan fingerprint density at radius 1 is 1.10 bits per heavy atom. The van der Waals surface area contributed by atoms with Crippen molar-refractivity contribution in [2.45, 2.75) is 39.8 Å². The molecule has 0 aliphatic heterocycles. The minimum atomic E-state index is -0.352. The molecule has 0 spiro atoms. The first kappa shape index (κ1) is 16.2. The van der Waals surface area contributed by atoms with E-state index in [1.54, 1.807) is 16.8 Å². The van der Waals surface area contributed by atoms with Gasteiger partial charge in [-0.25, -0.2) is 0 Å². The third-order valence-electron chi connectivity index (χ3n) is 3.17. The van der Waals surface area contributed by atoms with Gasteiger partial charge in [-0.15, -0.1) is 0 Å². The topological polar surface area (TPSA) is 40.6 Å². The summed E-state index contributed by atoms with van der Waals surface area (Å²) in [6.07, 6.45) is 0. The minimum absolute atomic E-state index is 0.0565. The summed E-state index contributed by atoms with van der Waals surface area (Å²) in [5.74, 6) is -0.141. The number of rotatable bonds is 4. The van der Waals surface area contributed by atoms with Gasteiger partial charge in [-0.2, -0.15) is 0 Å². The molecule has 0 radical (unpaired) electrons. The molecule has 0 atom stereocenters. The highest BCUT2D eigenvalue weighted by molar-refractivity contribution is 5.84. The summed E-state index contributed by atoms with van der Waals surface area (Å²) in [6.45, 7) is 7.95. The van der Waals surface area contributed by atoms with Crippen molar-refractivity contribution in [3.8, 4) is 0 Å². The van der Waals surface area contributed by atoms with Gasteiger partial charge in [0, 0.05) is 26.1 Å². The fraction of sp³-hybridized carbons (Fsp3) is 0.500. The molecule has 0 N–H and O–H groups in total. The lowest BCUT2D eigenvalue weighted by Gasteiger charge is -2.35. The van der Waals surface area contributed by atoms with E-state index in [0.29, 0.717) is 6.54 Å². The fourth-order valence-electron chi connectivity index (χ4n) is 2.02. The van der Waals surface area contributed by atoms with Crippen LogP contribution < -0.4 is 0 Å². The second-order valence-corrected chi connectivity index (χ2v) is 6.01. The minimum Gasteiger partial charge on any atom is -0.340 e. The first-order chi connectivity index (χ1) is 9.21. The molecule has 0 aliphatic carbocycles. The van der Waals surface area contributed by atoms with Crippen LogP contribution in [0.25, 0.3) is 0 Å². The molecule has 0 aliphatic rings. The Labute approximate surface area is 121 Å². The Morgan fingerprint density at radius 3 is 2.10 bits per heavy atom. The van der Waals surface area contributed by atoms with Gasteiger partial charge in [0.05, 0.1) is 0 Å². The summed E-state index contributed by atoms with van der Waals surface area (Å²) in [4.78, 5) is 27.1. The van der Waals surface area contributed by atoms with Crippen molar-refractivity contribution in [2.24, 2.45) is 0 Å². The Balaban J connectivity index is 2.67. The Bertz CT molecular complexity index is 463. The van der Waals surface area contributed by atoms with Crippen molar-refractivity contribution < 1.29 is 9.59 Å². The van der Waals surface area contributed by atoms with Crippen LogP contribution in [0.1, 0.15) is 33.3 Å². The molecule has 0 aromatic heterocycles. The molecule has 2 amide bonds. The number of hydrogen-bond acceptors (Lipinski definition) is 2. The van der Waals surface area contributed by atoms with E-state index in [4.69, 9.17) is 0 Å². The highest BCUT2D eigenvalue weighted by Gasteiger charge is 2.26. The summed E-state index contributed by atoms with van der Waals surface area (Å²) >= 11 is 0. The van der Waals surface area contributed by atoms with E-state index >= 15 is 0 Å². The van der Waals surface area contributed by atoms with Crippen LogP contribution in [0, 0.1) is 0 Å². The van der Waals surface area contributed by atoms with Crippen LogP contribution in [0.5, 0.6) is 0 Å². The van der Waals surface area contributed by atoms with Crippen LogP contribution in [0.4, 0.5) is 0 Å². The van der Waals surface area contributed by atoms with Crippen LogP contribution >= 0.6 is 0 Å². The van der Waals surface area contributed by atoms with E-state index < -0.39 is 0 Å². The molecule has 0 saturated carbocycles. The van der Waals surface area contributed by atoms with Gasteiger partial charge in [0.1, 0.15) is 6.54 Å². The van der Waals surface area contributed by atoms with Crippen LogP contribution in [-0.4, -0.2) is 40.7 Å². The third-order valence-corrected chi connectivity index (χ3v) is 3.17. The lowest BCUT2D eigenvalue weighted by molar-refractivity contribution is -0.142. The number of carbonyl (C=O) groups is 2. The van der Waals surface area contributed by atoms with E-state index in [2.05, 4.69) is 0 Å². The lowest BCUT2D eigenvalue weighted by atomic mass is 10.1. The highest BCUT2D eigenvalue weighted by atomic mass is 16.2. The van der Waals surface area contributed by atoms with Gasteiger partial charge in [0.2, 0.25) is 11.8 Å². The third kappa shape index (κ3) is 4.68. The quantitative estimate of drug-likeness (QED) is 0.846. The lowest BCUT2D eigenvalue weighted by Crippen LogP contribution is -2.49. The number of benzene rings is 1.